The second kappa shape index (κ2) is 4.62. The van der Waals surface area contributed by atoms with Gasteiger partial charge in [0.05, 0.1) is 5.69 Å². The van der Waals surface area contributed by atoms with Gasteiger partial charge in [-0.2, -0.15) is 5.10 Å². The van der Waals surface area contributed by atoms with Crippen LogP contribution in [0.5, 0.6) is 5.88 Å². The summed E-state index contributed by atoms with van der Waals surface area (Å²) in [6, 6.07) is 9.95. The first kappa shape index (κ1) is 11.7. The van der Waals surface area contributed by atoms with E-state index in [0.29, 0.717) is 5.92 Å². The van der Waals surface area contributed by atoms with Gasteiger partial charge in [0.2, 0.25) is 5.88 Å². The first-order chi connectivity index (χ1) is 8.09. The third-order valence-electron chi connectivity index (χ3n) is 2.74. The number of nitrogens with zero attached hydrogens (tertiary/aromatic N) is 2. The van der Waals surface area contributed by atoms with Crippen molar-refractivity contribution in [2.45, 2.75) is 27.3 Å². The Morgan fingerprint density at radius 1 is 1.24 bits per heavy atom. The van der Waals surface area contributed by atoms with Crippen LogP contribution in [-0.4, -0.2) is 14.9 Å². The maximum absolute atomic E-state index is 10.0. The molecule has 3 nitrogen and oxygen atoms in total. The van der Waals surface area contributed by atoms with E-state index < -0.39 is 0 Å². The highest BCUT2D eigenvalue weighted by Gasteiger charge is 2.15. The van der Waals surface area contributed by atoms with Crippen LogP contribution in [0.15, 0.2) is 30.3 Å². The molecule has 17 heavy (non-hydrogen) atoms. The first-order valence-electron chi connectivity index (χ1n) is 5.91. The van der Waals surface area contributed by atoms with Gasteiger partial charge >= 0.3 is 0 Å². The van der Waals surface area contributed by atoms with Crippen molar-refractivity contribution in [3.05, 3.63) is 35.9 Å². The van der Waals surface area contributed by atoms with Crippen molar-refractivity contribution in [3.63, 3.8) is 0 Å². The summed E-state index contributed by atoms with van der Waals surface area (Å²) in [5, 5.41) is 14.5. The van der Waals surface area contributed by atoms with Gasteiger partial charge in [-0.3, -0.25) is 0 Å². The third-order valence-corrected chi connectivity index (χ3v) is 2.74. The molecule has 0 fully saturated rings. The molecule has 0 aliphatic heterocycles. The number of benzene rings is 1. The maximum atomic E-state index is 10.0. The van der Waals surface area contributed by atoms with E-state index in [4.69, 9.17) is 0 Å². The molecule has 1 heterocycles. The smallest absolute Gasteiger partial charge is 0.212 e. The quantitative estimate of drug-likeness (QED) is 0.879. The van der Waals surface area contributed by atoms with Gasteiger partial charge in [0, 0.05) is 17.7 Å². The lowest BCUT2D eigenvalue weighted by molar-refractivity contribution is 0.370. The molecule has 0 saturated carbocycles. The molecule has 1 N–H and O–H groups in total. The summed E-state index contributed by atoms with van der Waals surface area (Å²) in [4.78, 5) is 0. The van der Waals surface area contributed by atoms with E-state index in [0.717, 1.165) is 23.4 Å². The van der Waals surface area contributed by atoms with Crippen LogP contribution in [0, 0.1) is 12.8 Å². The fraction of sp³-hybridized carbons (Fsp3) is 0.357. The molecule has 90 valence electrons. The van der Waals surface area contributed by atoms with Gasteiger partial charge in [0.25, 0.3) is 0 Å². The van der Waals surface area contributed by atoms with Crippen molar-refractivity contribution in [1.82, 2.24) is 9.78 Å². The van der Waals surface area contributed by atoms with E-state index in [1.807, 2.05) is 37.3 Å². The standard InChI is InChI=1S/C14H18N2O/c1-10(2)9-16-14(17)11(3)13(15-16)12-7-5-4-6-8-12/h4-8,10,17H,9H2,1-3H3. The highest BCUT2D eigenvalue weighted by Crippen LogP contribution is 2.28. The van der Waals surface area contributed by atoms with Gasteiger partial charge in [-0.05, 0) is 12.8 Å². The van der Waals surface area contributed by atoms with Gasteiger partial charge in [-0.1, -0.05) is 44.2 Å². The summed E-state index contributed by atoms with van der Waals surface area (Å²) in [6.45, 7) is 6.86. The SMILES string of the molecule is Cc1c(-c2ccccc2)nn(CC(C)C)c1O. The molecule has 1 aromatic heterocycles. The van der Waals surface area contributed by atoms with Crippen molar-refractivity contribution in [2.24, 2.45) is 5.92 Å². The van der Waals surface area contributed by atoms with Crippen LogP contribution >= 0.6 is 0 Å². The molecular formula is C14H18N2O. The summed E-state index contributed by atoms with van der Waals surface area (Å²) in [7, 11) is 0. The molecule has 1 aromatic carbocycles. The minimum Gasteiger partial charge on any atom is -0.493 e. The zero-order valence-corrected chi connectivity index (χ0v) is 10.5. The molecular weight excluding hydrogens is 212 g/mol. The molecule has 0 saturated heterocycles. The fourth-order valence-electron chi connectivity index (χ4n) is 1.89. The van der Waals surface area contributed by atoms with Crippen molar-refractivity contribution >= 4 is 0 Å². The van der Waals surface area contributed by atoms with E-state index in [1.54, 1.807) is 4.68 Å². The van der Waals surface area contributed by atoms with Crippen molar-refractivity contribution in [1.29, 1.82) is 0 Å². The van der Waals surface area contributed by atoms with Crippen molar-refractivity contribution in [2.75, 3.05) is 0 Å². The zero-order valence-electron chi connectivity index (χ0n) is 10.5. The largest absolute Gasteiger partial charge is 0.493 e. The van der Waals surface area contributed by atoms with Crippen LogP contribution in [0.1, 0.15) is 19.4 Å². The Hall–Kier alpha value is -1.77. The molecule has 0 bridgehead atoms. The summed E-state index contributed by atoms with van der Waals surface area (Å²) >= 11 is 0. The lowest BCUT2D eigenvalue weighted by Crippen LogP contribution is -2.05. The average molecular weight is 230 g/mol. The fourth-order valence-corrected chi connectivity index (χ4v) is 1.89. The van der Waals surface area contributed by atoms with E-state index in [1.165, 1.54) is 0 Å². The Morgan fingerprint density at radius 3 is 2.47 bits per heavy atom. The molecule has 2 aromatic rings. The monoisotopic (exact) mass is 230 g/mol. The Morgan fingerprint density at radius 2 is 1.88 bits per heavy atom. The molecule has 0 amide bonds. The Balaban J connectivity index is 2.43. The zero-order chi connectivity index (χ0) is 12.4. The molecule has 2 rings (SSSR count). The summed E-state index contributed by atoms with van der Waals surface area (Å²) in [6.07, 6.45) is 0. The Labute approximate surface area is 102 Å². The van der Waals surface area contributed by atoms with Crippen molar-refractivity contribution < 1.29 is 5.11 Å². The predicted octanol–water partition coefficient (Wildman–Crippen LogP) is 3.22. The van der Waals surface area contributed by atoms with Crippen LogP contribution in [0.3, 0.4) is 0 Å². The van der Waals surface area contributed by atoms with Crippen LogP contribution in [0.2, 0.25) is 0 Å². The van der Waals surface area contributed by atoms with Gasteiger partial charge in [-0.15, -0.1) is 0 Å². The number of aromatic nitrogens is 2. The topological polar surface area (TPSA) is 38.0 Å². The summed E-state index contributed by atoms with van der Waals surface area (Å²) < 4.78 is 1.68. The van der Waals surface area contributed by atoms with E-state index in [-0.39, 0.29) is 5.88 Å². The predicted molar refractivity (Wildman–Crippen MR) is 68.9 cm³/mol. The maximum Gasteiger partial charge on any atom is 0.212 e. The van der Waals surface area contributed by atoms with Gasteiger partial charge < -0.3 is 5.11 Å². The second-order valence-corrected chi connectivity index (χ2v) is 4.74. The molecule has 3 heteroatoms. The van der Waals surface area contributed by atoms with Gasteiger partial charge in [0.1, 0.15) is 0 Å². The second-order valence-electron chi connectivity index (χ2n) is 4.74. The minimum absolute atomic E-state index is 0.276. The summed E-state index contributed by atoms with van der Waals surface area (Å²) in [5.41, 5.74) is 2.75. The number of hydrogen-bond acceptors (Lipinski definition) is 2. The molecule has 0 unspecified atom stereocenters. The number of aromatic hydroxyl groups is 1. The molecule has 0 aliphatic carbocycles. The minimum atomic E-state index is 0.276. The highest BCUT2D eigenvalue weighted by atomic mass is 16.3. The third kappa shape index (κ3) is 2.33. The van der Waals surface area contributed by atoms with Crippen LogP contribution in [0.4, 0.5) is 0 Å². The number of rotatable bonds is 3. The molecule has 0 aliphatic rings. The molecule has 0 radical (unpaired) electrons. The molecule has 0 spiro atoms. The van der Waals surface area contributed by atoms with Crippen molar-refractivity contribution in [3.8, 4) is 17.1 Å². The van der Waals surface area contributed by atoms with Crippen LogP contribution < -0.4 is 0 Å². The average Bonchev–Trinajstić information content (AvgIpc) is 2.58. The summed E-state index contributed by atoms with van der Waals surface area (Å²) in [5.74, 6) is 0.737. The van der Waals surface area contributed by atoms with Crippen LogP contribution in [-0.2, 0) is 6.54 Å². The van der Waals surface area contributed by atoms with Gasteiger partial charge in [-0.25, -0.2) is 4.68 Å². The molecule has 0 atom stereocenters. The highest BCUT2D eigenvalue weighted by molar-refractivity contribution is 5.64. The lowest BCUT2D eigenvalue weighted by atomic mass is 10.1. The van der Waals surface area contributed by atoms with E-state index in [9.17, 15) is 5.11 Å². The Bertz CT molecular complexity index is 500. The van der Waals surface area contributed by atoms with E-state index in [2.05, 4.69) is 18.9 Å². The van der Waals surface area contributed by atoms with E-state index >= 15 is 0 Å². The normalized spacial score (nSPS) is 11.1. The van der Waals surface area contributed by atoms with Gasteiger partial charge in [0.15, 0.2) is 0 Å². The first-order valence-corrected chi connectivity index (χ1v) is 5.91. The number of hydrogen-bond donors (Lipinski definition) is 1. The van der Waals surface area contributed by atoms with Crippen LogP contribution in [0.25, 0.3) is 11.3 Å². The lowest BCUT2D eigenvalue weighted by Gasteiger charge is -2.05. The Kier molecular flexibility index (Phi) is 3.18.